The van der Waals surface area contributed by atoms with E-state index in [0.717, 1.165) is 50.0 Å². The van der Waals surface area contributed by atoms with Gasteiger partial charge in [0, 0.05) is 60.9 Å². The van der Waals surface area contributed by atoms with Crippen molar-refractivity contribution in [1.82, 2.24) is 9.80 Å². The molecule has 1 spiro atoms. The molecule has 6 rings (SSSR count). The Kier molecular flexibility index (Phi) is 4.33. The fraction of sp³-hybridized carbons (Fsp3) is 0.609. The maximum atomic E-state index is 12.2. The highest BCUT2D eigenvalue weighted by Gasteiger charge is 2.64. The van der Waals surface area contributed by atoms with Crippen LogP contribution in [0.5, 0.6) is 0 Å². The molecule has 0 radical (unpaired) electrons. The Balaban J connectivity index is 1.22. The van der Waals surface area contributed by atoms with E-state index in [1.54, 1.807) is 0 Å². The van der Waals surface area contributed by atoms with Crippen molar-refractivity contribution < 1.29 is 9.53 Å². The van der Waals surface area contributed by atoms with Crippen molar-refractivity contribution in [3.63, 3.8) is 0 Å². The molecule has 0 amide bonds. The minimum Gasteiger partial charge on any atom is -0.450 e. The number of ether oxygens (including phenoxy) is 1. The van der Waals surface area contributed by atoms with Crippen molar-refractivity contribution in [2.45, 2.75) is 55.8 Å². The van der Waals surface area contributed by atoms with E-state index in [0.29, 0.717) is 18.1 Å². The first-order valence-electron chi connectivity index (χ1n) is 11.1. The lowest BCUT2D eigenvalue weighted by Crippen LogP contribution is -2.57. The number of esters is 1. The summed E-state index contributed by atoms with van der Waals surface area (Å²) in [6.45, 7) is 5.47. The highest BCUT2D eigenvalue weighted by molar-refractivity contribution is 9.10. The van der Waals surface area contributed by atoms with Crippen molar-refractivity contribution in [3.05, 3.63) is 40.4 Å². The van der Waals surface area contributed by atoms with Gasteiger partial charge in [0.05, 0.1) is 6.04 Å². The van der Waals surface area contributed by atoms with Gasteiger partial charge in [-0.3, -0.25) is 9.80 Å². The molecule has 4 aliphatic heterocycles. The van der Waals surface area contributed by atoms with Gasteiger partial charge in [-0.05, 0) is 55.6 Å². The molecule has 29 heavy (non-hydrogen) atoms. The van der Waals surface area contributed by atoms with Crippen LogP contribution in [0, 0.1) is 0 Å². The van der Waals surface area contributed by atoms with Crippen LogP contribution in [0.1, 0.15) is 32.1 Å². The van der Waals surface area contributed by atoms with E-state index in [1.165, 1.54) is 30.5 Å². The van der Waals surface area contributed by atoms with E-state index >= 15 is 0 Å². The first kappa shape index (κ1) is 18.4. The molecule has 3 saturated heterocycles. The third kappa shape index (κ3) is 2.82. The first-order chi connectivity index (χ1) is 14.1. The largest absolute Gasteiger partial charge is 0.450 e. The number of carbonyl (C=O) groups is 1. The lowest BCUT2D eigenvalue weighted by Gasteiger charge is -2.46. The zero-order valence-corrected chi connectivity index (χ0v) is 18.3. The lowest BCUT2D eigenvalue weighted by atomic mass is 9.75. The van der Waals surface area contributed by atoms with E-state index in [2.05, 4.69) is 54.9 Å². The van der Waals surface area contributed by atoms with Crippen LogP contribution in [0.4, 0.5) is 5.69 Å². The molecule has 1 aliphatic carbocycles. The van der Waals surface area contributed by atoms with E-state index in [4.69, 9.17) is 4.74 Å². The summed E-state index contributed by atoms with van der Waals surface area (Å²) in [6.07, 6.45) is 7.55. The van der Waals surface area contributed by atoms with Gasteiger partial charge in [-0.15, -0.1) is 0 Å². The second kappa shape index (κ2) is 6.82. The molecule has 4 heterocycles. The molecule has 1 saturated carbocycles. The topological polar surface area (TPSA) is 36.0 Å². The van der Waals surface area contributed by atoms with Crippen LogP contribution in [-0.4, -0.2) is 72.2 Å². The molecular weight excluding hydrogens is 430 g/mol. The Labute approximate surface area is 180 Å². The fourth-order valence-electron chi connectivity index (χ4n) is 6.70. The molecule has 5 nitrogen and oxygen atoms in total. The molecule has 154 valence electrons. The zero-order chi connectivity index (χ0) is 19.6. The van der Waals surface area contributed by atoms with Crippen molar-refractivity contribution in [2.75, 3.05) is 37.6 Å². The van der Waals surface area contributed by atoms with Gasteiger partial charge in [0.25, 0.3) is 0 Å². The highest BCUT2D eigenvalue weighted by Crippen LogP contribution is 2.54. The highest BCUT2D eigenvalue weighted by atomic mass is 79.9. The molecule has 4 unspecified atom stereocenters. The standard InChI is InChI=1S/C23H28BrN3O2/c24-17-4-6-18(7-5-17)25-9-11-26(12-10-25)19-13-16-14-22(28)29-23(16)15-20(19)27-8-2-1-3-21(23)27/h4-7,14,19-21H,1-3,8-13,15H2. The molecule has 1 aromatic carbocycles. The molecule has 6 heteroatoms. The number of anilines is 1. The summed E-state index contributed by atoms with van der Waals surface area (Å²) in [7, 11) is 0. The summed E-state index contributed by atoms with van der Waals surface area (Å²) in [4.78, 5) is 20.1. The Morgan fingerprint density at radius 1 is 1.00 bits per heavy atom. The third-order valence-corrected chi connectivity index (χ3v) is 8.52. The molecule has 1 aromatic rings. The Hall–Kier alpha value is -1.37. The zero-order valence-electron chi connectivity index (χ0n) is 16.7. The van der Waals surface area contributed by atoms with Crippen molar-refractivity contribution >= 4 is 27.6 Å². The van der Waals surface area contributed by atoms with Gasteiger partial charge in [-0.1, -0.05) is 22.4 Å². The summed E-state index contributed by atoms with van der Waals surface area (Å²) >= 11 is 3.53. The average molecular weight is 458 g/mol. The monoisotopic (exact) mass is 457 g/mol. The van der Waals surface area contributed by atoms with Crippen molar-refractivity contribution in [2.24, 2.45) is 0 Å². The molecule has 0 N–H and O–H groups in total. The van der Waals surface area contributed by atoms with Crippen LogP contribution in [0.2, 0.25) is 0 Å². The smallest absolute Gasteiger partial charge is 0.331 e. The number of fused-ring (bicyclic) bond motifs is 3. The van der Waals surface area contributed by atoms with Crippen molar-refractivity contribution in [3.8, 4) is 0 Å². The van der Waals surface area contributed by atoms with Gasteiger partial charge in [0.15, 0.2) is 5.60 Å². The van der Waals surface area contributed by atoms with Crippen LogP contribution in [0.25, 0.3) is 0 Å². The van der Waals surface area contributed by atoms with Gasteiger partial charge in [0.1, 0.15) is 0 Å². The first-order valence-corrected chi connectivity index (χ1v) is 11.9. The molecular formula is C23H28BrN3O2. The second-order valence-electron chi connectivity index (χ2n) is 9.27. The lowest BCUT2D eigenvalue weighted by molar-refractivity contribution is -0.148. The molecule has 5 aliphatic rings. The van der Waals surface area contributed by atoms with Crippen LogP contribution in [0.3, 0.4) is 0 Å². The van der Waals surface area contributed by atoms with E-state index in [9.17, 15) is 4.79 Å². The minimum atomic E-state index is -0.294. The summed E-state index contributed by atoms with van der Waals surface area (Å²) in [5.41, 5.74) is 2.30. The number of benzene rings is 1. The normalized spacial score (nSPS) is 37.1. The number of nitrogens with zero attached hydrogens (tertiary/aromatic N) is 3. The van der Waals surface area contributed by atoms with Crippen LogP contribution in [-0.2, 0) is 9.53 Å². The maximum Gasteiger partial charge on any atom is 0.331 e. The Bertz CT molecular complexity index is 848. The number of hydrogen-bond acceptors (Lipinski definition) is 5. The Morgan fingerprint density at radius 2 is 1.79 bits per heavy atom. The number of piperidine rings is 1. The van der Waals surface area contributed by atoms with Crippen LogP contribution >= 0.6 is 15.9 Å². The minimum absolute atomic E-state index is 0.105. The second-order valence-corrected chi connectivity index (χ2v) is 10.2. The number of piperazine rings is 1. The SMILES string of the molecule is O=C1C=C2CC(N3CCN(c4ccc(Br)cc4)CC3)C3CC2(O1)C1CCCCN31. The molecule has 4 atom stereocenters. The van der Waals surface area contributed by atoms with Crippen LogP contribution < -0.4 is 4.90 Å². The van der Waals surface area contributed by atoms with E-state index < -0.39 is 0 Å². The van der Waals surface area contributed by atoms with E-state index in [-0.39, 0.29) is 11.6 Å². The van der Waals surface area contributed by atoms with Crippen LogP contribution in [0.15, 0.2) is 40.4 Å². The quantitative estimate of drug-likeness (QED) is 0.637. The number of carbonyl (C=O) groups excluding carboxylic acids is 1. The van der Waals surface area contributed by atoms with Gasteiger partial charge in [-0.2, -0.15) is 0 Å². The van der Waals surface area contributed by atoms with E-state index in [1.807, 2.05) is 6.08 Å². The summed E-state index contributed by atoms with van der Waals surface area (Å²) in [5.74, 6) is -0.105. The molecule has 4 fully saturated rings. The molecule has 0 aromatic heterocycles. The fourth-order valence-corrected chi connectivity index (χ4v) is 6.96. The number of rotatable bonds is 2. The average Bonchev–Trinajstić information content (AvgIpc) is 3.23. The summed E-state index contributed by atoms with van der Waals surface area (Å²) in [5, 5.41) is 0. The van der Waals surface area contributed by atoms with Gasteiger partial charge in [0.2, 0.25) is 0 Å². The number of halogens is 1. The summed E-state index contributed by atoms with van der Waals surface area (Å²) < 4.78 is 7.16. The van der Waals surface area contributed by atoms with Gasteiger partial charge >= 0.3 is 5.97 Å². The van der Waals surface area contributed by atoms with Crippen molar-refractivity contribution in [1.29, 1.82) is 0 Å². The van der Waals surface area contributed by atoms with Gasteiger partial charge in [-0.25, -0.2) is 4.79 Å². The summed E-state index contributed by atoms with van der Waals surface area (Å²) in [6, 6.07) is 10.1. The number of hydrogen-bond donors (Lipinski definition) is 0. The predicted octanol–water partition coefficient (Wildman–Crippen LogP) is 3.19. The van der Waals surface area contributed by atoms with Gasteiger partial charge < -0.3 is 9.64 Å². The predicted molar refractivity (Wildman–Crippen MR) is 116 cm³/mol. The molecule has 2 bridgehead atoms. The third-order valence-electron chi connectivity index (χ3n) is 7.99. The maximum absolute atomic E-state index is 12.2. The Morgan fingerprint density at radius 3 is 2.59 bits per heavy atom.